The molecule has 1 atom stereocenters. The van der Waals surface area contributed by atoms with Crippen molar-refractivity contribution < 1.29 is 14.7 Å². The lowest BCUT2D eigenvalue weighted by Crippen LogP contribution is -2.47. The molecule has 104 valence electrons. The Kier molecular flexibility index (Phi) is 5.78. The SMILES string of the molecule is CCC(C(=O)O)N(C)C(=O)NCCc1ccccn1. The number of pyridine rings is 1. The molecule has 0 aliphatic heterocycles. The zero-order valence-corrected chi connectivity index (χ0v) is 11.2. The molecule has 2 N–H and O–H groups in total. The van der Waals surface area contributed by atoms with E-state index >= 15 is 0 Å². The van der Waals surface area contributed by atoms with Gasteiger partial charge in [-0.05, 0) is 18.6 Å². The Bertz CT molecular complexity index is 422. The smallest absolute Gasteiger partial charge is 0.326 e. The lowest BCUT2D eigenvalue weighted by molar-refractivity contribution is -0.141. The van der Waals surface area contributed by atoms with E-state index in [0.717, 1.165) is 5.69 Å². The molecule has 0 saturated heterocycles. The van der Waals surface area contributed by atoms with E-state index in [1.807, 2.05) is 18.2 Å². The Morgan fingerprint density at radius 3 is 2.74 bits per heavy atom. The van der Waals surface area contributed by atoms with Crippen LogP contribution in [0.2, 0.25) is 0 Å². The fraction of sp³-hybridized carbons (Fsp3) is 0.462. The van der Waals surface area contributed by atoms with Gasteiger partial charge in [0.1, 0.15) is 6.04 Å². The van der Waals surface area contributed by atoms with Gasteiger partial charge in [-0.3, -0.25) is 4.98 Å². The third-order valence-corrected chi connectivity index (χ3v) is 2.84. The van der Waals surface area contributed by atoms with Crippen molar-refractivity contribution in [1.82, 2.24) is 15.2 Å². The molecular formula is C13H19N3O3. The number of carbonyl (C=O) groups excluding carboxylic acids is 1. The topological polar surface area (TPSA) is 82.5 Å². The Labute approximate surface area is 112 Å². The minimum Gasteiger partial charge on any atom is -0.480 e. The second-order valence-electron chi connectivity index (χ2n) is 4.18. The van der Waals surface area contributed by atoms with Crippen molar-refractivity contribution in [2.45, 2.75) is 25.8 Å². The summed E-state index contributed by atoms with van der Waals surface area (Å²) in [5.41, 5.74) is 0.885. The van der Waals surface area contributed by atoms with E-state index in [1.165, 1.54) is 11.9 Å². The second-order valence-corrected chi connectivity index (χ2v) is 4.18. The number of likely N-dealkylation sites (N-methyl/N-ethyl adjacent to an activating group) is 1. The molecule has 1 rings (SSSR count). The molecule has 6 heteroatoms. The van der Waals surface area contributed by atoms with Gasteiger partial charge in [-0.2, -0.15) is 0 Å². The van der Waals surface area contributed by atoms with Gasteiger partial charge in [-0.25, -0.2) is 9.59 Å². The van der Waals surface area contributed by atoms with E-state index in [9.17, 15) is 9.59 Å². The van der Waals surface area contributed by atoms with Crippen LogP contribution in [-0.2, 0) is 11.2 Å². The van der Waals surface area contributed by atoms with Crippen LogP contribution in [0.3, 0.4) is 0 Å². The molecule has 2 amide bonds. The molecule has 0 saturated carbocycles. The predicted octanol–water partition coefficient (Wildman–Crippen LogP) is 1.13. The largest absolute Gasteiger partial charge is 0.480 e. The van der Waals surface area contributed by atoms with Crippen molar-refractivity contribution in [2.75, 3.05) is 13.6 Å². The van der Waals surface area contributed by atoms with Crippen molar-refractivity contribution >= 4 is 12.0 Å². The van der Waals surface area contributed by atoms with Crippen LogP contribution in [-0.4, -0.2) is 46.6 Å². The maximum atomic E-state index is 11.8. The molecule has 0 aliphatic rings. The fourth-order valence-corrected chi connectivity index (χ4v) is 1.72. The molecule has 1 heterocycles. The quantitative estimate of drug-likeness (QED) is 0.807. The van der Waals surface area contributed by atoms with Gasteiger partial charge in [0, 0.05) is 31.9 Å². The maximum absolute atomic E-state index is 11.8. The Morgan fingerprint density at radius 2 is 2.21 bits per heavy atom. The summed E-state index contributed by atoms with van der Waals surface area (Å²) in [5.74, 6) is -0.995. The molecular weight excluding hydrogens is 246 g/mol. The fourth-order valence-electron chi connectivity index (χ4n) is 1.72. The van der Waals surface area contributed by atoms with Crippen molar-refractivity contribution in [3.63, 3.8) is 0 Å². The lowest BCUT2D eigenvalue weighted by Gasteiger charge is -2.23. The standard InChI is InChI=1S/C13H19N3O3/c1-3-11(12(17)18)16(2)13(19)15-9-7-10-6-4-5-8-14-10/h4-6,8,11H,3,7,9H2,1-2H3,(H,15,19)(H,17,18). The zero-order chi connectivity index (χ0) is 14.3. The van der Waals surface area contributed by atoms with E-state index < -0.39 is 12.0 Å². The number of rotatable bonds is 6. The Morgan fingerprint density at radius 1 is 1.47 bits per heavy atom. The predicted molar refractivity (Wildman–Crippen MR) is 70.8 cm³/mol. The number of hydrogen-bond acceptors (Lipinski definition) is 3. The number of amides is 2. The molecule has 1 aromatic heterocycles. The highest BCUT2D eigenvalue weighted by atomic mass is 16.4. The van der Waals surface area contributed by atoms with Crippen molar-refractivity contribution in [3.05, 3.63) is 30.1 Å². The van der Waals surface area contributed by atoms with Crippen molar-refractivity contribution in [3.8, 4) is 0 Å². The van der Waals surface area contributed by atoms with Crippen LogP contribution in [0.1, 0.15) is 19.0 Å². The van der Waals surface area contributed by atoms with Gasteiger partial charge in [-0.1, -0.05) is 13.0 Å². The first-order valence-electron chi connectivity index (χ1n) is 6.19. The van der Waals surface area contributed by atoms with Crippen molar-refractivity contribution in [2.24, 2.45) is 0 Å². The molecule has 6 nitrogen and oxygen atoms in total. The third kappa shape index (κ3) is 4.57. The lowest BCUT2D eigenvalue weighted by atomic mass is 10.2. The summed E-state index contributed by atoms with van der Waals surface area (Å²) in [6.45, 7) is 2.16. The van der Waals surface area contributed by atoms with Gasteiger partial charge >= 0.3 is 12.0 Å². The summed E-state index contributed by atoms with van der Waals surface area (Å²) in [6, 6.07) is 4.41. The van der Waals surface area contributed by atoms with E-state index in [1.54, 1.807) is 13.1 Å². The first-order chi connectivity index (χ1) is 9.06. The van der Waals surface area contributed by atoms with Gasteiger partial charge in [0.05, 0.1) is 0 Å². The average molecular weight is 265 g/mol. The second kappa shape index (κ2) is 7.35. The number of urea groups is 1. The molecule has 0 fully saturated rings. The number of carboxylic acid groups (broad SMARTS) is 1. The highest BCUT2D eigenvalue weighted by Gasteiger charge is 2.24. The van der Waals surface area contributed by atoms with Gasteiger partial charge < -0.3 is 15.3 Å². The number of nitrogens with zero attached hydrogens (tertiary/aromatic N) is 2. The van der Waals surface area contributed by atoms with Crippen LogP contribution in [0.15, 0.2) is 24.4 Å². The Balaban J connectivity index is 2.40. The summed E-state index contributed by atoms with van der Waals surface area (Å²) >= 11 is 0. The monoisotopic (exact) mass is 265 g/mol. The number of aromatic nitrogens is 1. The minimum absolute atomic E-state index is 0.374. The summed E-state index contributed by atoms with van der Waals surface area (Å²) in [7, 11) is 1.48. The first kappa shape index (κ1) is 14.9. The number of carbonyl (C=O) groups is 2. The van der Waals surface area contributed by atoms with Crippen LogP contribution < -0.4 is 5.32 Å². The number of aliphatic carboxylic acids is 1. The van der Waals surface area contributed by atoms with Gasteiger partial charge in [0.25, 0.3) is 0 Å². The highest BCUT2D eigenvalue weighted by molar-refractivity contribution is 5.82. The molecule has 0 aliphatic carbocycles. The van der Waals surface area contributed by atoms with Gasteiger partial charge in [0.15, 0.2) is 0 Å². The van der Waals surface area contributed by atoms with Crippen LogP contribution in [0.25, 0.3) is 0 Å². The van der Waals surface area contributed by atoms with Gasteiger partial charge in [-0.15, -0.1) is 0 Å². The molecule has 0 spiro atoms. The average Bonchev–Trinajstić information content (AvgIpc) is 2.40. The summed E-state index contributed by atoms with van der Waals surface area (Å²) in [4.78, 5) is 28.1. The van der Waals surface area contributed by atoms with Crippen LogP contribution in [0.4, 0.5) is 4.79 Å². The van der Waals surface area contributed by atoms with Gasteiger partial charge in [0.2, 0.25) is 0 Å². The minimum atomic E-state index is -0.995. The van der Waals surface area contributed by atoms with Crippen LogP contribution in [0.5, 0.6) is 0 Å². The molecule has 19 heavy (non-hydrogen) atoms. The summed E-state index contributed by atoms with van der Waals surface area (Å²) < 4.78 is 0. The zero-order valence-electron chi connectivity index (χ0n) is 11.2. The highest BCUT2D eigenvalue weighted by Crippen LogP contribution is 2.02. The van der Waals surface area contributed by atoms with E-state index in [-0.39, 0.29) is 6.03 Å². The van der Waals surface area contributed by atoms with Crippen LogP contribution >= 0.6 is 0 Å². The normalized spacial score (nSPS) is 11.7. The Hall–Kier alpha value is -2.11. The first-order valence-corrected chi connectivity index (χ1v) is 6.19. The number of nitrogens with one attached hydrogen (secondary N) is 1. The summed E-state index contributed by atoms with van der Waals surface area (Å²) in [6.07, 6.45) is 2.69. The van der Waals surface area contributed by atoms with Crippen molar-refractivity contribution in [1.29, 1.82) is 0 Å². The molecule has 0 bridgehead atoms. The molecule has 1 unspecified atom stereocenters. The number of hydrogen-bond donors (Lipinski definition) is 2. The third-order valence-electron chi connectivity index (χ3n) is 2.84. The molecule has 1 aromatic rings. The maximum Gasteiger partial charge on any atom is 0.326 e. The van der Waals surface area contributed by atoms with Crippen LogP contribution in [0, 0.1) is 0 Å². The molecule has 0 radical (unpaired) electrons. The summed E-state index contributed by atoms with van der Waals surface area (Å²) in [5, 5.41) is 11.6. The van der Waals surface area contributed by atoms with E-state index in [0.29, 0.717) is 19.4 Å². The van der Waals surface area contributed by atoms with E-state index in [4.69, 9.17) is 5.11 Å². The number of carboxylic acids is 1. The van der Waals surface area contributed by atoms with E-state index in [2.05, 4.69) is 10.3 Å². The molecule has 0 aromatic carbocycles.